The number of fused-ring (bicyclic) bond motifs is 2. The van der Waals surface area contributed by atoms with Crippen molar-refractivity contribution in [3.8, 4) is 17.1 Å². The maximum Gasteiger partial charge on any atom is 0.212 e. The molecule has 132 valence electrons. The van der Waals surface area contributed by atoms with Crippen molar-refractivity contribution in [1.82, 2.24) is 25.1 Å². The Balaban J connectivity index is 1.66. The molecule has 1 aliphatic rings. The number of phenolic OH excluding ortho intramolecular Hbond substituents is 1. The van der Waals surface area contributed by atoms with Gasteiger partial charge in [0.1, 0.15) is 11.4 Å². The molecule has 0 unspecified atom stereocenters. The number of hydrogen-bond donors (Lipinski definition) is 1. The summed E-state index contributed by atoms with van der Waals surface area (Å²) < 4.78 is 1.66. The Morgan fingerprint density at radius 2 is 1.78 bits per heavy atom. The summed E-state index contributed by atoms with van der Waals surface area (Å²) in [6.45, 7) is 2.03. The summed E-state index contributed by atoms with van der Waals surface area (Å²) in [4.78, 5) is 0. The first-order chi connectivity index (χ1) is 13.2. The van der Waals surface area contributed by atoms with Crippen LogP contribution in [-0.4, -0.2) is 41.6 Å². The van der Waals surface area contributed by atoms with Gasteiger partial charge < -0.3 is 5.11 Å². The van der Waals surface area contributed by atoms with Gasteiger partial charge in [-0.25, -0.2) is 0 Å². The highest BCUT2D eigenvalue weighted by molar-refractivity contribution is 7.99. The summed E-state index contributed by atoms with van der Waals surface area (Å²) >= 11 is 1.54. The summed E-state index contributed by atoms with van der Waals surface area (Å²) in [5, 5.41) is 33.8. The maximum atomic E-state index is 10.2. The minimum absolute atomic E-state index is 0.140. The molecule has 4 aromatic rings. The molecule has 0 saturated carbocycles. The lowest BCUT2D eigenvalue weighted by atomic mass is 10.1. The topological polar surface area (TPSA) is 89.1 Å². The standard InChI is InChI=1S/C19H14N6OS/c1-11-12-6-2-4-8-14(12)20-21-17(11)15-10-27-19-23-22-18(25(19)24-15)13-7-3-5-9-16(13)26/h2-9,26H,10H2,1H3. The van der Waals surface area contributed by atoms with Gasteiger partial charge >= 0.3 is 0 Å². The molecule has 8 heteroatoms. The third-order valence-electron chi connectivity index (χ3n) is 4.51. The van der Waals surface area contributed by atoms with Crippen LogP contribution in [0.3, 0.4) is 0 Å². The zero-order valence-corrected chi connectivity index (χ0v) is 15.2. The Morgan fingerprint density at radius 1 is 0.963 bits per heavy atom. The number of para-hydroxylation sites is 1. The van der Waals surface area contributed by atoms with Crippen molar-refractivity contribution in [3.63, 3.8) is 0 Å². The molecule has 0 spiro atoms. The molecule has 1 aliphatic heterocycles. The Hall–Kier alpha value is -3.26. The first-order valence-electron chi connectivity index (χ1n) is 8.39. The van der Waals surface area contributed by atoms with E-state index in [-0.39, 0.29) is 5.75 Å². The van der Waals surface area contributed by atoms with Crippen LogP contribution >= 0.6 is 11.8 Å². The molecule has 0 saturated heterocycles. The molecule has 0 amide bonds. The van der Waals surface area contributed by atoms with Crippen LogP contribution in [0.1, 0.15) is 11.3 Å². The Labute approximate surface area is 158 Å². The zero-order valence-electron chi connectivity index (χ0n) is 14.4. The minimum atomic E-state index is 0.140. The van der Waals surface area contributed by atoms with Crippen molar-refractivity contribution in [1.29, 1.82) is 0 Å². The van der Waals surface area contributed by atoms with Gasteiger partial charge in [0.25, 0.3) is 0 Å². The highest BCUT2D eigenvalue weighted by Crippen LogP contribution is 2.32. The van der Waals surface area contributed by atoms with Crippen molar-refractivity contribution in [3.05, 3.63) is 59.8 Å². The van der Waals surface area contributed by atoms with Gasteiger partial charge in [-0.05, 0) is 30.7 Å². The van der Waals surface area contributed by atoms with Crippen molar-refractivity contribution in [2.24, 2.45) is 5.10 Å². The number of benzene rings is 2. The molecule has 2 aromatic carbocycles. The van der Waals surface area contributed by atoms with E-state index in [1.807, 2.05) is 37.3 Å². The lowest BCUT2D eigenvalue weighted by Gasteiger charge is -2.15. The Morgan fingerprint density at radius 3 is 2.67 bits per heavy atom. The molecule has 0 aliphatic carbocycles. The van der Waals surface area contributed by atoms with Gasteiger partial charge in [-0.3, -0.25) is 0 Å². The van der Waals surface area contributed by atoms with E-state index in [2.05, 4.69) is 20.4 Å². The van der Waals surface area contributed by atoms with Crippen molar-refractivity contribution >= 4 is 28.4 Å². The largest absolute Gasteiger partial charge is 0.507 e. The van der Waals surface area contributed by atoms with E-state index in [4.69, 9.17) is 5.10 Å². The minimum Gasteiger partial charge on any atom is -0.507 e. The van der Waals surface area contributed by atoms with Gasteiger partial charge in [0, 0.05) is 11.1 Å². The molecule has 0 atom stereocenters. The summed E-state index contributed by atoms with van der Waals surface area (Å²) in [5.41, 5.74) is 4.06. The van der Waals surface area contributed by atoms with Gasteiger partial charge in [-0.2, -0.15) is 9.78 Å². The van der Waals surface area contributed by atoms with E-state index in [0.717, 1.165) is 27.9 Å². The van der Waals surface area contributed by atoms with Crippen LogP contribution in [0.2, 0.25) is 0 Å². The highest BCUT2D eigenvalue weighted by atomic mass is 32.2. The quantitative estimate of drug-likeness (QED) is 0.579. The third-order valence-corrected chi connectivity index (χ3v) is 5.44. The fraction of sp³-hybridized carbons (Fsp3) is 0.105. The number of phenols is 1. The van der Waals surface area contributed by atoms with Crippen LogP contribution in [0, 0.1) is 6.92 Å². The summed E-state index contributed by atoms with van der Waals surface area (Å²) in [6, 6.07) is 15.0. The van der Waals surface area contributed by atoms with E-state index in [1.54, 1.807) is 22.9 Å². The fourth-order valence-electron chi connectivity index (χ4n) is 3.13. The lowest BCUT2D eigenvalue weighted by molar-refractivity contribution is 0.476. The molecule has 5 rings (SSSR count). The molecule has 7 nitrogen and oxygen atoms in total. The van der Waals surface area contributed by atoms with Gasteiger partial charge in [0.2, 0.25) is 5.16 Å². The molecule has 1 N–H and O–H groups in total. The number of thioether (sulfide) groups is 1. The highest BCUT2D eigenvalue weighted by Gasteiger charge is 2.24. The summed E-state index contributed by atoms with van der Waals surface area (Å²) in [5.74, 6) is 1.27. The van der Waals surface area contributed by atoms with Crippen LogP contribution in [-0.2, 0) is 0 Å². The van der Waals surface area contributed by atoms with E-state index in [1.165, 1.54) is 11.8 Å². The average molecular weight is 374 g/mol. The number of nitrogens with zero attached hydrogens (tertiary/aromatic N) is 6. The van der Waals surface area contributed by atoms with Gasteiger partial charge in [0.05, 0.1) is 16.8 Å². The monoisotopic (exact) mass is 374 g/mol. The first-order valence-corrected chi connectivity index (χ1v) is 9.38. The molecular weight excluding hydrogens is 360 g/mol. The van der Waals surface area contributed by atoms with E-state index in [9.17, 15) is 5.11 Å². The molecule has 27 heavy (non-hydrogen) atoms. The smallest absolute Gasteiger partial charge is 0.212 e. The van der Waals surface area contributed by atoms with E-state index in [0.29, 0.717) is 22.3 Å². The number of aromatic nitrogens is 5. The van der Waals surface area contributed by atoms with Crippen LogP contribution in [0.5, 0.6) is 5.75 Å². The van der Waals surface area contributed by atoms with Crippen molar-refractivity contribution in [2.45, 2.75) is 12.1 Å². The Kier molecular flexibility index (Phi) is 3.64. The summed E-state index contributed by atoms with van der Waals surface area (Å²) in [7, 11) is 0. The molecule has 0 fully saturated rings. The zero-order chi connectivity index (χ0) is 18.4. The predicted octanol–water partition coefficient (Wildman–Crippen LogP) is 3.26. The summed E-state index contributed by atoms with van der Waals surface area (Å²) in [6.07, 6.45) is 0. The molecular formula is C19H14N6OS. The first kappa shape index (κ1) is 16.0. The molecule has 0 radical (unpaired) electrons. The fourth-order valence-corrected chi connectivity index (χ4v) is 3.94. The lowest BCUT2D eigenvalue weighted by Crippen LogP contribution is -2.17. The molecule has 3 heterocycles. The van der Waals surface area contributed by atoms with Crippen molar-refractivity contribution < 1.29 is 5.11 Å². The van der Waals surface area contributed by atoms with Crippen LogP contribution in [0.15, 0.2) is 58.8 Å². The van der Waals surface area contributed by atoms with Crippen molar-refractivity contribution in [2.75, 3.05) is 5.75 Å². The van der Waals surface area contributed by atoms with Crippen LogP contribution in [0.25, 0.3) is 22.3 Å². The van der Waals surface area contributed by atoms with Gasteiger partial charge in [-0.15, -0.1) is 20.4 Å². The van der Waals surface area contributed by atoms with Gasteiger partial charge in [0.15, 0.2) is 5.82 Å². The number of rotatable bonds is 2. The van der Waals surface area contributed by atoms with Crippen LogP contribution < -0.4 is 0 Å². The second-order valence-electron chi connectivity index (χ2n) is 6.16. The third kappa shape index (κ3) is 2.57. The number of aryl methyl sites for hydroxylation is 1. The van der Waals surface area contributed by atoms with E-state index < -0.39 is 0 Å². The average Bonchev–Trinajstić information content (AvgIpc) is 3.12. The Bertz CT molecular complexity index is 1220. The SMILES string of the molecule is Cc1c(C2=Nn3c(nnc3-c3ccccc3O)SC2)nnc2ccccc12. The molecule has 0 bridgehead atoms. The second kappa shape index (κ2) is 6.17. The molecule has 2 aromatic heterocycles. The van der Waals surface area contributed by atoms with E-state index >= 15 is 0 Å². The number of hydrogen-bond acceptors (Lipinski definition) is 7. The normalized spacial score (nSPS) is 13.4. The second-order valence-corrected chi connectivity index (χ2v) is 7.10. The predicted molar refractivity (Wildman–Crippen MR) is 104 cm³/mol. The van der Waals surface area contributed by atoms with Gasteiger partial charge in [-0.1, -0.05) is 42.1 Å². The maximum absolute atomic E-state index is 10.2. The number of aromatic hydroxyl groups is 1. The van der Waals surface area contributed by atoms with Crippen LogP contribution in [0.4, 0.5) is 0 Å².